The van der Waals surface area contributed by atoms with Gasteiger partial charge in [-0.25, -0.2) is 0 Å². The zero-order valence-corrected chi connectivity index (χ0v) is 18.6. The second-order valence-electron chi connectivity index (χ2n) is 7.54. The Labute approximate surface area is 178 Å². The predicted octanol–water partition coefficient (Wildman–Crippen LogP) is 1.51. The quantitative estimate of drug-likeness (QED) is 0.653. The molecular formula is C23H32N3O4+. The fraction of sp³-hybridized carbons (Fsp3) is 0.391. The highest BCUT2D eigenvalue weighted by molar-refractivity contribution is 5.94. The lowest BCUT2D eigenvalue weighted by atomic mass is 10.1. The second-order valence-corrected chi connectivity index (χ2v) is 7.54. The Bertz CT molecular complexity index is 867. The average Bonchev–Trinajstić information content (AvgIpc) is 2.73. The number of ether oxygens (including phenoxy) is 2. The van der Waals surface area contributed by atoms with Gasteiger partial charge in [-0.3, -0.25) is 9.59 Å². The molecule has 0 aromatic heterocycles. The van der Waals surface area contributed by atoms with E-state index in [-0.39, 0.29) is 24.4 Å². The van der Waals surface area contributed by atoms with E-state index >= 15 is 0 Å². The Morgan fingerprint density at radius 2 is 1.70 bits per heavy atom. The first-order valence-electron chi connectivity index (χ1n) is 9.89. The fourth-order valence-electron chi connectivity index (χ4n) is 3.14. The summed E-state index contributed by atoms with van der Waals surface area (Å²) >= 11 is 0. The molecule has 1 unspecified atom stereocenters. The number of carbonyl (C=O) groups excluding carboxylic acids is 2. The van der Waals surface area contributed by atoms with Crippen molar-refractivity contribution in [2.75, 3.05) is 40.2 Å². The maximum absolute atomic E-state index is 12.8. The first kappa shape index (κ1) is 23.2. The Morgan fingerprint density at radius 3 is 2.30 bits per heavy atom. The van der Waals surface area contributed by atoms with Crippen molar-refractivity contribution in [2.45, 2.75) is 26.4 Å². The highest BCUT2D eigenvalue weighted by atomic mass is 16.5. The smallest absolute Gasteiger partial charge is 0.280 e. The topological polar surface area (TPSA) is 72.3 Å². The van der Waals surface area contributed by atoms with E-state index in [1.165, 1.54) is 4.90 Å². The largest absolute Gasteiger partial charge is 0.493 e. The van der Waals surface area contributed by atoms with Crippen molar-refractivity contribution in [1.29, 1.82) is 0 Å². The van der Waals surface area contributed by atoms with Crippen molar-refractivity contribution < 1.29 is 24.0 Å². The van der Waals surface area contributed by atoms with Crippen LogP contribution in [0.5, 0.6) is 11.5 Å². The molecule has 0 saturated carbocycles. The number of benzene rings is 2. The molecule has 2 N–H and O–H groups in total. The molecular weight excluding hydrogens is 382 g/mol. The monoisotopic (exact) mass is 414 g/mol. The van der Waals surface area contributed by atoms with Crippen LogP contribution < -0.4 is 19.7 Å². The molecule has 30 heavy (non-hydrogen) atoms. The van der Waals surface area contributed by atoms with E-state index in [2.05, 4.69) is 5.32 Å². The van der Waals surface area contributed by atoms with Crippen molar-refractivity contribution in [3.05, 3.63) is 53.6 Å². The van der Waals surface area contributed by atoms with Gasteiger partial charge in [0.1, 0.15) is 6.54 Å². The molecule has 0 aliphatic carbocycles. The van der Waals surface area contributed by atoms with Gasteiger partial charge in [-0.1, -0.05) is 17.7 Å². The third-order valence-corrected chi connectivity index (χ3v) is 5.13. The molecule has 7 heteroatoms. The Morgan fingerprint density at radius 1 is 1.07 bits per heavy atom. The van der Waals surface area contributed by atoms with Gasteiger partial charge >= 0.3 is 0 Å². The summed E-state index contributed by atoms with van der Waals surface area (Å²) < 4.78 is 10.6. The van der Waals surface area contributed by atoms with Gasteiger partial charge in [-0.2, -0.15) is 0 Å². The number of nitrogens with one attached hydrogen (secondary N) is 2. The van der Waals surface area contributed by atoms with E-state index in [1.807, 2.05) is 63.4 Å². The summed E-state index contributed by atoms with van der Waals surface area (Å²) in [5, 5.41) is 2.82. The molecule has 0 fully saturated rings. The molecule has 7 nitrogen and oxygen atoms in total. The molecule has 2 amide bonds. The Balaban J connectivity index is 1.93. The molecule has 0 saturated heterocycles. The third-order valence-electron chi connectivity index (χ3n) is 5.13. The summed E-state index contributed by atoms with van der Waals surface area (Å²) in [5.74, 6) is 1.01. The van der Waals surface area contributed by atoms with Crippen molar-refractivity contribution in [2.24, 2.45) is 0 Å². The number of hydrogen-bond donors (Lipinski definition) is 2. The van der Waals surface area contributed by atoms with Crippen LogP contribution in [0.3, 0.4) is 0 Å². The van der Waals surface area contributed by atoms with Crippen LogP contribution in [-0.2, 0) is 16.1 Å². The van der Waals surface area contributed by atoms with Crippen molar-refractivity contribution in [3.63, 3.8) is 0 Å². The maximum Gasteiger partial charge on any atom is 0.280 e. The van der Waals surface area contributed by atoms with Crippen LogP contribution in [-0.4, -0.2) is 57.6 Å². The standard InChI is InChI=1S/C23H31N3O4/c1-16-7-10-19(11-8-16)24-22(27)15-26(4)23(28)17(2)25(3)14-18-9-12-20(29-5)21(13-18)30-6/h7-13,17H,14-15H2,1-6H3,(H,24,27)/p+1/t17-/m0/s1. The summed E-state index contributed by atoms with van der Waals surface area (Å²) in [6.45, 7) is 4.49. The molecule has 2 atom stereocenters. The van der Waals surface area contributed by atoms with Gasteiger partial charge in [0.25, 0.3) is 5.91 Å². The number of quaternary nitrogens is 1. The van der Waals surface area contributed by atoms with E-state index in [1.54, 1.807) is 21.3 Å². The molecule has 162 valence electrons. The van der Waals surface area contributed by atoms with E-state index < -0.39 is 0 Å². The van der Waals surface area contributed by atoms with E-state index in [4.69, 9.17) is 9.47 Å². The van der Waals surface area contributed by atoms with Crippen molar-refractivity contribution >= 4 is 17.5 Å². The van der Waals surface area contributed by atoms with Gasteiger partial charge < -0.3 is 24.6 Å². The molecule has 0 bridgehead atoms. The maximum atomic E-state index is 12.8. The zero-order chi connectivity index (χ0) is 22.3. The van der Waals surface area contributed by atoms with Crippen molar-refractivity contribution in [3.8, 4) is 11.5 Å². The summed E-state index contributed by atoms with van der Waals surface area (Å²) in [6.07, 6.45) is 0. The molecule has 0 heterocycles. The SMILES string of the molecule is COc1ccc(C[NH+](C)[C@@H](C)C(=O)N(C)CC(=O)Nc2ccc(C)cc2)cc1OC. The molecule has 2 aromatic rings. The number of rotatable bonds is 9. The fourth-order valence-corrected chi connectivity index (χ4v) is 3.14. The third kappa shape index (κ3) is 6.22. The highest BCUT2D eigenvalue weighted by Gasteiger charge is 2.26. The number of methoxy groups -OCH3 is 2. The van der Waals surface area contributed by atoms with Crippen LogP contribution in [0.4, 0.5) is 5.69 Å². The lowest BCUT2D eigenvalue weighted by Crippen LogP contribution is -3.12. The summed E-state index contributed by atoms with van der Waals surface area (Å²) in [5.41, 5.74) is 2.87. The number of anilines is 1. The minimum Gasteiger partial charge on any atom is -0.493 e. The summed E-state index contributed by atoms with van der Waals surface area (Å²) in [6, 6.07) is 13.0. The predicted molar refractivity (Wildman–Crippen MR) is 117 cm³/mol. The van der Waals surface area contributed by atoms with Gasteiger partial charge in [0.2, 0.25) is 5.91 Å². The van der Waals surface area contributed by atoms with E-state index in [9.17, 15) is 9.59 Å². The molecule has 0 aliphatic rings. The van der Waals surface area contributed by atoms with Crippen molar-refractivity contribution in [1.82, 2.24) is 4.90 Å². The molecule has 0 radical (unpaired) electrons. The number of amides is 2. The van der Waals surface area contributed by atoms with Crippen LogP contribution in [0, 0.1) is 6.92 Å². The normalized spacial score (nSPS) is 12.6. The lowest BCUT2D eigenvalue weighted by molar-refractivity contribution is -0.908. The van der Waals surface area contributed by atoms with Gasteiger partial charge in [0.05, 0.1) is 27.8 Å². The average molecular weight is 415 g/mol. The first-order valence-corrected chi connectivity index (χ1v) is 9.89. The Hall–Kier alpha value is -3.06. The molecule has 2 rings (SSSR count). The summed E-state index contributed by atoms with van der Waals surface area (Å²) in [4.78, 5) is 27.6. The number of carbonyl (C=O) groups is 2. The van der Waals surface area contributed by atoms with Crippen LogP contribution in [0.25, 0.3) is 0 Å². The minimum atomic E-state index is -0.310. The van der Waals surface area contributed by atoms with Gasteiger partial charge in [0.15, 0.2) is 17.5 Å². The second kappa shape index (κ2) is 10.6. The van der Waals surface area contributed by atoms with Crippen LogP contribution in [0.1, 0.15) is 18.1 Å². The van der Waals surface area contributed by atoms with Crippen LogP contribution in [0.15, 0.2) is 42.5 Å². The van der Waals surface area contributed by atoms with E-state index in [0.29, 0.717) is 18.0 Å². The van der Waals surface area contributed by atoms with Gasteiger partial charge in [-0.05, 0) is 44.2 Å². The van der Waals surface area contributed by atoms with Crippen LogP contribution in [0.2, 0.25) is 0 Å². The first-order chi connectivity index (χ1) is 14.2. The number of nitrogens with zero attached hydrogens (tertiary/aromatic N) is 1. The molecule has 0 spiro atoms. The molecule has 2 aromatic carbocycles. The number of hydrogen-bond acceptors (Lipinski definition) is 4. The molecule has 0 aliphatic heterocycles. The van der Waals surface area contributed by atoms with Crippen LogP contribution >= 0.6 is 0 Å². The lowest BCUT2D eigenvalue weighted by Gasteiger charge is -2.25. The summed E-state index contributed by atoms with van der Waals surface area (Å²) in [7, 11) is 6.80. The number of aryl methyl sites for hydroxylation is 1. The van der Waals surface area contributed by atoms with Gasteiger partial charge in [-0.15, -0.1) is 0 Å². The van der Waals surface area contributed by atoms with Gasteiger partial charge in [0, 0.05) is 18.3 Å². The number of likely N-dealkylation sites (N-methyl/N-ethyl adjacent to an activating group) is 2. The Kier molecular flexibility index (Phi) is 8.24. The highest BCUT2D eigenvalue weighted by Crippen LogP contribution is 2.27. The minimum absolute atomic E-state index is 0.000683. The van der Waals surface area contributed by atoms with E-state index in [0.717, 1.165) is 21.7 Å². The zero-order valence-electron chi connectivity index (χ0n) is 18.6.